The molecule has 0 aliphatic heterocycles. The zero-order valence-electron chi connectivity index (χ0n) is 6.37. The van der Waals surface area contributed by atoms with Crippen LogP contribution in [0.25, 0.3) is 0 Å². The van der Waals surface area contributed by atoms with Crippen LogP contribution in [0.2, 0.25) is 0 Å². The second-order valence-electron chi connectivity index (χ2n) is 2.52. The average molecular weight is 155 g/mol. The molecule has 0 atom stereocenters. The molecule has 1 aromatic rings. The highest BCUT2D eigenvalue weighted by molar-refractivity contribution is 5.91. The third kappa shape index (κ3) is 1.36. The van der Waals surface area contributed by atoms with Gasteiger partial charge in [-0.25, -0.2) is 4.63 Å². The fourth-order valence-electron chi connectivity index (χ4n) is 0.745. The average Bonchev–Trinajstić information content (AvgIpc) is 2.32. The van der Waals surface area contributed by atoms with Crippen LogP contribution in [0.1, 0.15) is 35.9 Å². The van der Waals surface area contributed by atoms with E-state index in [2.05, 4.69) is 14.9 Å². The molecule has 0 aromatic carbocycles. The molecule has 0 bridgehead atoms. The van der Waals surface area contributed by atoms with Crippen LogP contribution < -0.4 is 5.73 Å². The molecule has 60 valence electrons. The van der Waals surface area contributed by atoms with E-state index in [0.717, 1.165) is 0 Å². The molecule has 0 saturated carbocycles. The number of hydrogen-bond acceptors (Lipinski definition) is 4. The molecule has 0 radical (unpaired) electrons. The Labute approximate surface area is 63.5 Å². The van der Waals surface area contributed by atoms with Crippen molar-refractivity contribution in [1.29, 1.82) is 0 Å². The van der Waals surface area contributed by atoms with E-state index in [-0.39, 0.29) is 11.6 Å². The molecule has 1 heterocycles. The van der Waals surface area contributed by atoms with E-state index in [4.69, 9.17) is 5.73 Å². The van der Waals surface area contributed by atoms with Gasteiger partial charge in [0.15, 0.2) is 5.69 Å². The Morgan fingerprint density at radius 1 is 1.55 bits per heavy atom. The molecule has 1 aromatic heterocycles. The molecule has 0 saturated heterocycles. The van der Waals surface area contributed by atoms with Crippen LogP contribution in [0, 0.1) is 0 Å². The van der Waals surface area contributed by atoms with Crippen molar-refractivity contribution in [2.45, 2.75) is 19.8 Å². The molecular weight excluding hydrogens is 146 g/mol. The van der Waals surface area contributed by atoms with E-state index in [9.17, 15) is 4.79 Å². The maximum Gasteiger partial charge on any atom is 0.272 e. The minimum Gasteiger partial charge on any atom is -0.364 e. The van der Waals surface area contributed by atoms with Crippen molar-refractivity contribution < 1.29 is 9.42 Å². The molecule has 0 fully saturated rings. The van der Waals surface area contributed by atoms with Gasteiger partial charge in [-0.2, -0.15) is 0 Å². The van der Waals surface area contributed by atoms with Crippen LogP contribution in [-0.2, 0) is 0 Å². The fraction of sp³-hybridized carbons (Fsp3) is 0.500. The number of primary amides is 1. The first-order valence-corrected chi connectivity index (χ1v) is 3.25. The van der Waals surface area contributed by atoms with E-state index < -0.39 is 5.91 Å². The zero-order chi connectivity index (χ0) is 8.43. The van der Waals surface area contributed by atoms with Gasteiger partial charge in [0.25, 0.3) is 5.91 Å². The summed E-state index contributed by atoms with van der Waals surface area (Å²) in [4.78, 5) is 10.6. The molecule has 0 spiro atoms. The number of carbonyl (C=O) groups excluding carboxylic acids is 1. The van der Waals surface area contributed by atoms with E-state index >= 15 is 0 Å². The molecular formula is C6H9N3O2. The largest absolute Gasteiger partial charge is 0.364 e. The Morgan fingerprint density at radius 2 is 2.18 bits per heavy atom. The van der Waals surface area contributed by atoms with Crippen molar-refractivity contribution in [2.24, 2.45) is 5.73 Å². The number of hydrogen-bond donors (Lipinski definition) is 1. The van der Waals surface area contributed by atoms with Crippen molar-refractivity contribution in [1.82, 2.24) is 10.3 Å². The predicted molar refractivity (Wildman–Crippen MR) is 36.9 cm³/mol. The van der Waals surface area contributed by atoms with Gasteiger partial charge in [0.1, 0.15) is 5.69 Å². The number of amides is 1. The summed E-state index contributed by atoms with van der Waals surface area (Å²) in [6, 6.07) is 0. The number of carbonyl (C=O) groups is 1. The lowest BCUT2D eigenvalue weighted by Gasteiger charge is -1.96. The van der Waals surface area contributed by atoms with Crippen LogP contribution in [-0.4, -0.2) is 16.2 Å². The first kappa shape index (κ1) is 7.71. The first-order valence-electron chi connectivity index (χ1n) is 3.25. The van der Waals surface area contributed by atoms with Gasteiger partial charge >= 0.3 is 0 Å². The summed E-state index contributed by atoms with van der Waals surface area (Å²) < 4.78 is 4.37. The predicted octanol–water partition coefficient (Wildman–Crippen LogP) is 0.292. The summed E-state index contributed by atoms with van der Waals surface area (Å²) >= 11 is 0. The highest BCUT2D eigenvalue weighted by Gasteiger charge is 2.17. The number of nitrogens with two attached hydrogens (primary N) is 1. The van der Waals surface area contributed by atoms with E-state index in [1.807, 2.05) is 13.8 Å². The summed E-state index contributed by atoms with van der Waals surface area (Å²) in [6.07, 6.45) is 0. The van der Waals surface area contributed by atoms with Crippen molar-refractivity contribution >= 4 is 5.91 Å². The Balaban J connectivity index is 3.06. The van der Waals surface area contributed by atoms with Gasteiger partial charge in [0.2, 0.25) is 0 Å². The highest BCUT2D eigenvalue weighted by atomic mass is 16.6. The molecule has 5 heteroatoms. The van der Waals surface area contributed by atoms with Crippen LogP contribution in [0.5, 0.6) is 0 Å². The van der Waals surface area contributed by atoms with Gasteiger partial charge in [-0.15, -0.1) is 0 Å². The zero-order valence-corrected chi connectivity index (χ0v) is 6.37. The molecule has 2 N–H and O–H groups in total. The maximum absolute atomic E-state index is 10.6. The minimum absolute atomic E-state index is 0.101. The summed E-state index contributed by atoms with van der Waals surface area (Å²) in [6.45, 7) is 3.76. The Bertz CT molecular complexity index is 267. The second kappa shape index (κ2) is 2.69. The third-order valence-electron chi connectivity index (χ3n) is 1.29. The minimum atomic E-state index is -0.602. The summed E-state index contributed by atoms with van der Waals surface area (Å²) in [5, 5.41) is 6.93. The Hall–Kier alpha value is -1.39. The van der Waals surface area contributed by atoms with E-state index in [1.54, 1.807) is 0 Å². The normalized spacial score (nSPS) is 10.5. The van der Waals surface area contributed by atoms with Crippen molar-refractivity contribution in [3.8, 4) is 0 Å². The second-order valence-corrected chi connectivity index (χ2v) is 2.52. The smallest absolute Gasteiger partial charge is 0.272 e. The molecule has 0 aliphatic rings. The van der Waals surface area contributed by atoms with Crippen LogP contribution >= 0.6 is 0 Å². The standard InChI is InChI=1S/C6H9N3O2/c1-3(2)4-5(6(7)10)9-11-8-4/h3H,1-2H3,(H2,7,10). The topological polar surface area (TPSA) is 82.0 Å². The molecule has 1 amide bonds. The Kier molecular flexibility index (Phi) is 1.89. The molecule has 0 aliphatic carbocycles. The van der Waals surface area contributed by atoms with Gasteiger partial charge in [-0.3, -0.25) is 4.79 Å². The number of rotatable bonds is 2. The van der Waals surface area contributed by atoms with Gasteiger partial charge in [0, 0.05) is 5.92 Å². The maximum atomic E-state index is 10.6. The monoisotopic (exact) mass is 155 g/mol. The molecule has 5 nitrogen and oxygen atoms in total. The van der Waals surface area contributed by atoms with Gasteiger partial charge in [-0.1, -0.05) is 19.0 Å². The van der Waals surface area contributed by atoms with Gasteiger partial charge in [-0.05, 0) is 5.16 Å². The first-order chi connectivity index (χ1) is 5.13. The van der Waals surface area contributed by atoms with Gasteiger partial charge < -0.3 is 5.73 Å². The summed E-state index contributed by atoms with van der Waals surface area (Å²) in [5.41, 5.74) is 5.63. The summed E-state index contributed by atoms with van der Waals surface area (Å²) in [5.74, 6) is -0.501. The lowest BCUT2D eigenvalue weighted by Crippen LogP contribution is -2.14. The van der Waals surface area contributed by atoms with Crippen LogP contribution in [0.4, 0.5) is 0 Å². The molecule has 11 heavy (non-hydrogen) atoms. The van der Waals surface area contributed by atoms with Crippen LogP contribution in [0.15, 0.2) is 4.63 Å². The molecule has 1 rings (SSSR count). The lowest BCUT2D eigenvalue weighted by atomic mass is 10.1. The third-order valence-corrected chi connectivity index (χ3v) is 1.29. The number of nitrogens with zero attached hydrogens (tertiary/aromatic N) is 2. The van der Waals surface area contributed by atoms with E-state index in [0.29, 0.717) is 5.69 Å². The SMILES string of the molecule is CC(C)c1nonc1C(N)=O. The van der Waals surface area contributed by atoms with Crippen molar-refractivity contribution in [3.63, 3.8) is 0 Å². The highest BCUT2D eigenvalue weighted by Crippen LogP contribution is 2.13. The van der Waals surface area contributed by atoms with Gasteiger partial charge in [0.05, 0.1) is 0 Å². The quantitative estimate of drug-likeness (QED) is 0.665. The fourth-order valence-corrected chi connectivity index (χ4v) is 0.745. The summed E-state index contributed by atoms with van der Waals surface area (Å²) in [7, 11) is 0. The Morgan fingerprint density at radius 3 is 2.55 bits per heavy atom. The number of aromatic nitrogens is 2. The van der Waals surface area contributed by atoms with Crippen molar-refractivity contribution in [3.05, 3.63) is 11.4 Å². The van der Waals surface area contributed by atoms with Crippen molar-refractivity contribution in [2.75, 3.05) is 0 Å². The lowest BCUT2D eigenvalue weighted by molar-refractivity contribution is 0.0990. The van der Waals surface area contributed by atoms with Crippen LogP contribution in [0.3, 0.4) is 0 Å². The van der Waals surface area contributed by atoms with E-state index in [1.165, 1.54) is 0 Å². The molecule has 0 unspecified atom stereocenters.